The average Bonchev–Trinajstić information content (AvgIpc) is 3.04. The maximum absolute atomic E-state index is 12.4. The van der Waals surface area contributed by atoms with E-state index < -0.39 is 19.5 Å². The molecule has 0 saturated carbocycles. The normalized spacial score (nSPS) is 25.7. The predicted molar refractivity (Wildman–Crippen MR) is 127 cm³/mol. The van der Waals surface area contributed by atoms with Crippen LogP contribution in [0.15, 0.2) is 35.2 Å². The maximum Gasteiger partial charge on any atom is 0.193 e. The molecule has 170 valence electrons. The zero-order valence-electron chi connectivity index (χ0n) is 20.0. The van der Waals surface area contributed by atoms with Crippen molar-refractivity contribution in [3.05, 3.63) is 30.3 Å². The van der Waals surface area contributed by atoms with Gasteiger partial charge in [-0.25, -0.2) is 0 Å². The highest BCUT2D eigenvalue weighted by molar-refractivity contribution is 8.13. The van der Waals surface area contributed by atoms with Gasteiger partial charge in [-0.2, -0.15) is 0 Å². The van der Waals surface area contributed by atoms with Gasteiger partial charge in [-0.1, -0.05) is 50.7 Å². The summed E-state index contributed by atoms with van der Waals surface area (Å²) in [5.74, 6) is 0. The Labute approximate surface area is 188 Å². The molecule has 0 spiro atoms. The lowest BCUT2D eigenvalue weighted by atomic mass is 9.90. The summed E-state index contributed by atoms with van der Waals surface area (Å²) in [6.45, 7) is 17.2. The molecule has 1 aliphatic heterocycles. The van der Waals surface area contributed by atoms with E-state index in [2.05, 4.69) is 47.7 Å². The second-order valence-corrected chi connectivity index (χ2v) is 16.5. The minimum atomic E-state index is -1.91. The summed E-state index contributed by atoms with van der Waals surface area (Å²) in [5, 5.41) is 11.3. The second kappa shape index (κ2) is 9.45. The quantitative estimate of drug-likeness (QED) is 0.377. The molecule has 30 heavy (non-hydrogen) atoms. The van der Waals surface area contributed by atoms with Crippen LogP contribution in [0.3, 0.4) is 0 Å². The number of hydrogen-bond donors (Lipinski definition) is 1. The van der Waals surface area contributed by atoms with E-state index in [1.54, 1.807) is 6.92 Å². The first-order chi connectivity index (χ1) is 13.7. The molecule has 1 aliphatic rings. The van der Waals surface area contributed by atoms with Crippen LogP contribution in [0.1, 0.15) is 67.2 Å². The fourth-order valence-corrected chi connectivity index (χ4v) is 5.77. The number of carbonyl (C=O) groups excluding carboxylic acids is 1. The van der Waals surface area contributed by atoms with E-state index >= 15 is 0 Å². The van der Waals surface area contributed by atoms with Crippen LogP contribution in [0, 0.1) is 0 Å². The number of rotatable bonds is 8. The molecule has 4 nitrogen and oxygen atoms in total. The van der Waals surface area contributed by atoms with Crippen molar-refractivity contribution < 1.29 is 19.1 Å². The Morgan fingerprint density at radius 2 is 1.90 bits per heavy atom. The molecule has 4 atom stereocenters. The number of benzene rings is 1. The highest BCUT2D eigenvalue weighted by Crippen LogP contribution is 2.43. The maximum atomic E-state index is 12.4. The summed E-state index contributed by atoms with van der Waals surface area (Å²) in [6.07, 6.45) is 1.99. The van der Waals surface area contributed by atoms with E-state index in [9.17, 15) is 9.90 Å². The molecule has 0 radical (unpaired) electrons. The third kappa shape index (κ3) is 6.42. The Kier molecular flexibility index (Phi) is 8.06. The van der Waals surface area contributed by atoms with Crippen molar-refractivity contribution in [1.29, 1.82) is 0 Å². The van der Waals surface area contributed by atoms with E-state index in [1.807, 2.05) is 30.3 Å². The van der Waals surface area contributed by atoms with Gasteiger partial charge in [0, 0.05) is 11.3 Å². The van der Waals surface area contributed by atoms with Crippen LogP contribution in [-0.2, 0) is 14.0 Å². The Morgan fingerprint density at radius 3 is 2.47 bits per heavy atom. The van der Waals surface area contributed by atoms with Gasteiger partial charge in [-0.05, 0) is 70.3 Å². The van der Waals surface area contributed by atoms with Crippen LogP contribution in [-0.4, -0.2) is 41.9 Å². The van der Waals surface area contributed by atoms with Crippen molar-refractivity contribution in [2.24, 2.45) is 0 Å². The number of hydrogen-bond acceptors (Lipinski definition) is 5. The fourth-order valence-electron chi connectivity index (χ4n) is 3.53. The summed E-state index contributed by atoms with van der Waals surface area (Å²) in [4.78, 5) is 13.3. The van der Waals surface area contributed by atoms with E-state index in [4.69, 9.17) is 9.16 Å². The lowest BCUT2D eigenvalue weighted by Crippen LogP contribution is -2.51. The number of carbonyl (C=O) groups is 1. The lowest BCUT2D eigenvalue weighted by Gasteiger charge is -2.43. The summed E-state index contributed by atoms with van der Waals surface area (Å²) in [7, 11) is -1.91. The van der Waals surface area contributed by atoms with Gasteiger partial charge in [-0.15, -0.1) is 0 Å². The molecule has 0 bridgehead atoms. The first-order valence-corrected chi connectivity index (χ1v) is 14.7. The Morgan fingerprint density at radius 1 is 1.30 bits per heavy atom. The van der Waals surface area contributed by atoms with Crippen LogP contribution >= 0.6 is 11.8 Å². The van der Waals surface area contributed by atoms with Gasteiger partial charge in [0.05, 0.1) is 23.4 Å². The molecule has 6 heteroatoms. The summed E-state index contributed by atoms with van der Waals surface area (Å²) < 4.78 is 13.0. The van der Waals surface area contributed by atoms with Crippen LogP contribution in [0.25, 0.3) is 0 Å². The molecule has 1 aromatic carbocycles. The monoisotopic (exact) mass is 452 g/mol. The van der Waals surface area contributed by atoms with Gasteiger partial charge in [0.1, 0.15) is 0 Å². The summed E-state index contributed by atoms with van der Waals surface area (Å²) in [5.41, 5.74) is -1.46. The number of ether oxygens (including phenoxy) is 1. The van der Waals surface area contributed by atoms with Crippen LogP contribution in [0.2, 0.25) is 18.1 Å². The van der Waals surface area contributed by atoms with Crippen molar-refractivity contribution in [2.75, 3.05) is 0 Å². The van der Waals surface area contributed by atoms with Crippen LogP contribution in [0.4, 0.5) is 0 Å². The Balaban J connectivity index is 1.92. The Bertz CT molecular complexity index is 714. The van der Waals surface area contributed by atoms with Gasteiger partial charge < -0.3 is 14.3 Å². The average molecular weight is 453 g/mol. The SMILES string of the molecule is C[C@@H](O[Si](C)(C)C(C)(C)C)[C@]1(C)CC[C@H]([C@@](C)(O)CCC(=O)Sc2ccccc2)O1. The van der Waals surface area contributed by atoms with E-state index in [0.29, 0.717) is 12.8 Å². The largest absolute Gasteiger partial charge is 0.411 e. The molecule has 0 amide bonds. The zero-order chi connectivity index (χ0) is 22.8. The van der Waals surface area contributed by atoms with Gasteiger partial charge in [0.15, 0.2) is 13.4 Å². The third-order valence-electron chi connectivity index (χ3n) is 6.96. The molecule has 0 unspecified atom stereocenters. The molecule has 0 aromatic heterocycles. The minimum absolute atomic E-state index is 0.0468. The molecule has 1 heterocycles. The van der Waals surface area contributed by atoms with Gasteiger partial charge in [-0.3, -0.25) is 4.79 Å². The van der Waals surface area contributed by atoms with Crippen molar-refractivity contribution in [3.63, 3.8) is 0 Å². The predicted octanol–water partition coefficient (Wildman–Crippen LogP) is 6.18. The van der Waals surface area contributed by atoms with Crippen LogP contribution < -0.4 is 0 Å². The lowest BCUT2D eigenvalue weighted by molar-refractivity contribution is -0.154. The molecule has 1 fully saturated rings. The van der Waals surface area contributed by atoms with Crippen molar-refractivity contribution in [1.82, 2.24) is 0 Å². The Hall–Kier alpha value is -0.663. The summed E-state index contributed by atoms with van der Waals surface area (Å²) >= 11 is 1.23. The highest BCUT2D eigenvalue weighted by atomic mass is 32.2. The first kappa shape index (κ1) is 25.6. The zero-order valence-corrected chi connectivity index (χ0v) is 21.8. The topological polar surface area (TPSA) is 55.8 Å². The van der Waals surface area contributed by atoms with Crippen molar-refractivity contribution >= 4 is 25.2 Å². The van der Waals surface area contributed by atoms with E-state index in [-0.39, 0.29) is 22.4 Å². The number of thioether (sulfide) groups is 1. The molecule has 1 N–H and O–H groups in total. The second-order valence-electron chi connectivity index (χ2n) is 10.6. The molecular weight excluding hydrogens is 412 g/mol. The highest BCUT2D eigenvalue weighted by Gasteiger charge is 2.49. The molecule has 0 aliphatic carbocycles. The van der Waals surface area contributed by atoms with Gasteiger partial charge in [0.25, 0.3) is 0 Å². The van der Waals surface area contributed by atoms with Crippen molar-refractivity contribution in [2.45, 2.75) is 114 Å². The van der Waals surface area contributed by atoms with E-state index in [0.717, 1.165) is 17.7 Å². The smallest absolute Gasteiger partial charge is 0.193 e. The van der Waals surface area contributed by atoms with Gasteiger partial charge in [0.2, 0.25) is 0 Å². The summed E-state index contributed by atoms with van der Waals surface area (Å²) in [6, 6.07) is 9.63. The third-order valence-corrected chi connectivity index (χ3v) is 12.5. The number of aliphatic hydroxyl groups is 1. The molecule has 1 saturated heterocycles. The van der Waals surface area contributed by atoms with Crippen LogP contribution in [0.5, 0.6) is 0 Å². The molecular formula is C24H40O4SSi. The standard InChI is InChI=1S/C24H40O4SSi/c1-18(28-30(7,8)22(2,3)4)24(6)17-14-20(27-24)23(5,26)16-15-21(25)29-19-12-10-9-11-13-19/h9-13,18,20,26H,14-17H2,1-8H3/t18-,20-,23+,24+/m1/s1. The molecule has 2 rings (SSSR count). The minimum Gasteiger partial charge on any atom is -0.411 e. The van der Waals surface area contributed by atoms with Gasteiger partial charge >= 0.3 is 0 Å². The molecule has 1 aromatic rings. The van der Waals surface area contributed by atoms with E-state index in [1.165, 1.54) is 11.8 Å². The van der Waals surface area contributed by atoms with Crippen molar-refractivity contribution in [3.8, 4) is 0 Å². The first-order valence-electron chi connectivity index (χ1n) is 11.0. The fraction of sp³-hybridized carbons (Fsp3) is 0.708.